The Hall–Kier alpha value is -1.20. The normalized spacial score (nSPS) is 12.7. The van der Waals surface area contributed by atoms with Crippen molar-refractivity contribution < 1.29 is 4.39 Å². The van der Waals surface area contributed by atoms with Gasteiger partial charge in [0.2, 0.25) is 0 Å². The van der Waals surface area contributed by atoms with Crippen LogP contribution in [0.5, 0.6) is 0 Å². The van der Waals surface area contributed by atoms with Gasteiger partial charge in [-0.05, 0) is 47.5 Å². The van der Waals surface area contributed by atoms with Crippen molar-refractivity contribution in [2.75, 3.05) is 0 Å². The molecule has 0 aliphatic heterocycles. The van der Waals surface area contributed by atoms with E-state index in [-0.39, 0.29) is 11.9 Å². The van der Waals surface area contributed by atoms with Crippen LogP contribution in [0, 0.1) is 12.7 Å². The van der Waals surface area contributed by atoms with Gasteiger partial charge in [-0.2, -0.15) is 5.10 Å². The van der Waals surface area contributed by atoms with Crippen molar-refractivity contribution in [2.45, 2.75) is 26.4 Å². The van der Waals surface area contributed by atoms with Crippen LogP contribution in [0.3, 0.4) is 0 Å². The van der Waals surface area contributed by atoms with Gasteiger partial charge in [-0.1, -0.05) is 12.1 Å². The molecule has 102 valence electrons. The number of nitrogens with one attached hydrogen (secondary N) is 1. The minimum atomic E-state index is -0.205. The van der Waals surface area contributed by atoms with Gasteiger partial charge in [0.1, 0.15) is 5.82 Å². The van der Waals surface area contributed by atoms with Crippen molar-refractivity contribution in [1.82, 2.24) is 15.1 Å². The summed E-state index contributed by atoms with van der Waals surface area (Å²) in [4.78, 5) is 0. The Bertz CT molecular complexity index is 580. The largest absolute Gasteiger partial charge is 0.305 e. The molecule has 0 fully saturated rings. The summed E-state index contributed by atoms with van der Waals surface area (Å²) in [5.41, 5.74) is 2.99. The van der Waals surface area contributed by atoms with E-state index in [2.05, 4.69) is 26.3 Å². The molecular formula is C14H17BrFN3. The van der Waals surface area contributed by atoms with Gasteiger partial charge in [0.15, 0.2) is 0 Å². The lowest BCUT2D eigenvalue weighted by molar-refractivity contribution is 0.541. The zero-order valence-corrected chi connectivity index (χ0v) is 12.8. The summed E-state index contributed by atoms with van der Waals surface area (Å²) < 4.78 is 16.0. The van der Waals surface area contributed by atoms with E-state index in [0.29, 0.717) is 6.54 Å². The average Bonchev–Trinajstić information content (AvgIpc) is 2.61. The highest BCUT2D eigenvalue weighted by Crippen LogP contribution is 2.21. The van der Waals surface area contributed by atoms with E-state index in [1.54, 1.807) is 12.1 Å². The molecule has 0 saturated carbocycles. The number of halogens is 2. The number of aryl methyl sites for hydroxylation is 2. The SMILES string of the molecule is Cc1nn(C)c(CN[C@H](C)c2cccc(F)c2)c1Br. The van der Waals surface area contributed by atoms with Crippen LogP contribution in [0.4, 0.5) is 4.39 Å². The molecule has 0 saturated heterocycles. The molecule has 0 amide bonds. The van der Waals surface area contributed by atoms with Crippen molar-refractivity contribution in [3.05, 3.63) is 51.5 Å². The summed E-state index contributed by atoms with van der Waals surface area (Å²) in [5.74, 6) is -0.205. The standard InChI is InChI=1S/C14H17BrFN3/c1-9(11-5-4-6-12(16)7-11)17-8-13-14(15)10(2)18-19(13)3/h4-7,9,17H,8H2,1-3H3/t9-/m1/s1. The van der Waals surface area contributed by atoms with Crippen molar-refractivity contribution >= 4 is 15.9 Å². The minimum absolute atomic E-state index is 0.0813. The molecule has 5 heteroatoms. The maximum Gasteiger partial charge on any atom is 0.123 e. The highest BCUT2D eigenvalue weighted by molar-refractivity contribution is 9.10. The van der Waals surface area contributed by atoms with E-state index in [4.69, 9.17) is 0 Å². The molecule has 2 rings (SSSR count). The van der Waals surface area contributed by atoms with Gasteiger partial charge < -0.3 is 5.32 Å². The second kappa shape index (κ2) is 5.84. The van der Waals surface area contributed by atoms with E-state index >= 15 is 0 Å². The Morgan fingerprint density at radius 2 is 2.21 bits per heavy atom. The fourth-order valence-electron chi connectivity index (χ4n) is 2.02. The molecule has 0 spiro atoms. The van der Waals surface area contributed by atoms with Crippen LogP contribution in [0.25, 0.3) is 0 Å². The number of aromatic nitrogens is 2. The lowest BCUT2D eigenvalue weighted by Gasteiger charge is -2.14. The second-order valence-electron chi connectivity index (χ2n) is 4.63. The van der Waals surface area contributed by atoms with Crippen LogP contribution < -0.4 is 5.32 Å². The predicted octanol–water partition coefficient (Wildman–Crippen LogP) is 3.48. The smallest absolute Gasteiger partial charge is 0.123 e. The number of rotatable bonds is 4. The average molecular weight is 326 g/mol. The van der Waals surface area contributed by atoms with Crippen molar-refractivity contribution in [1.29, 1.82) is 0 Å². The molecule has 2 aromatic rings. The monoisotopic (exact) mass is 325 g/mol. The summed E-state index contributed by atoms with van der Waals surface area (Å²) in [7, 11) is 1.92. The Balaban J connectivity index is 2.06. The first-order chi connectivity index (χ1) is 8.99. The van der Waals surface area contributed by atoms with Crippen LogP contribution in [-0.2, 0) is 13.6 Å². The van der Waals surface area contributed by atoms with Crippen LogP contribution in [0.2, 0.25) is 0 Å². The summed E-state index contributed by atoms with van der Waals surface area (Å²) in [6, 6.07) is 6.74. The lowest BCUT2D eigenvalue weighted by Crippen LogP contribution is -2.20. The van der Waals surface area contributed by atoms with Crippen molar-refractivity contribution in [3.8, 4) is 0 Å². The molecule has 0 unspecified atom stereocenters. The Kier molecular flexibility index (Phi) is 4.37. The Morgan fingerprint density at radius 3 is 2.79 bits per heavy atom. The maximum atomic E-state index is 13.2. The molecule has 0 aliphatic rings. The number of nitrogens with zero attached hydrogens (tertiary/aromatic N) is 2. The van der Waals surface area contributed by atoms with Gasteiger partial charge in [0, 0.05) is 19.6 Å². The lowest BCUT2D eigenvalue weighted by atomic mass is 10.1. The highest BCUT2D eigenvalue weighted by atomic mass is 79.9. The van der Waals surface area contributed by atoms with Gasteiger partial charge in [-0.25, -0.2) is 4.39 Å². The van der Waals surface area contributed by atoms with Crippen LogP contribution in [-0.4, -0.2) is 9.78 Å². The van der Waals surface area contributed by atoms with Crippen LogP contribution in [0.1, 0.15) is 29.9 Å². The van der Waals surface area contributed by atoms with E-state index in [0.717, 1.165) is 21.4 Å². The molecule has 1 N–H and O–H groups in total. The van der Waals surface area contributed by atoms with Crippen molar-refractivity contribution in [2.24, 2.45) is 7.05 Å². The molecule has 1 aromatic carbocycles. The third-order valence-electron chi connectivity index (χ3n) is 3.19. The van der Waals surface area contributed by atoms with Crippen LogP contribution in [0.15, 0.2) is 28.7 Å². The predicted molar refractivity (Wildman–Crippen MR) is 77.3 cm³/mol. The fraction of sp³-hybridized carbons (Fsp3) is 0.357. The van der Waals surface area contributed by atoms with Crippen LogP contribution >= 0.6 is 15.9 Å². The molecule has 3 nitrogen and oxygen atoms in total. The molecule has 19 heavy (non-hydrogen) atoms. The van der Waals surface area contributed by atoms with E-state index in [1.165, 1.54) is 6.07 Å². The van der Waals surface area contributed by atoms with Gasteiger partial charge in [0.25, 0.3) is 0 Å². The quantitative estimate of drug-likeness (QED) is 0.932. The molecule has 0 bridgehead atoms. The van der Waals surface area contributed by atoms with E-state index in [1.807, 2.05) is 31.6 Å². The first-order valence-electron chi connectivity index (χ1n) is 6.16. The topological polar surface area (TPSA) is 29.9 Å². The van der Waals surface area contributed by atoms with Gasteiger partial charge in [-0.3, -0.25) is 4.68 Å². The Morgan fingerprint density at radius 1 is 1.47 bits per heavy atom. The summed E-state index contributed by atoms with van der Waals surface area (Å²) in [6.45, 7) is 4.66. The number of hydrogen-bond acceptors (Lipinski definition) is 2. The molecule has 1 atom stereocenters. The van der Waals surface area contributed by atoms with Gasteiger partial charge in [-0.15, -0.1) is 0 Å². The summed E-state index contributed by atoms with van der Waals surface area (Å²) in [6.07, 6.45) is 0. The first-order valence-corrected chi connectivity index (χ1v) is 6.95. The first kappa shape index (κ1) is 14.2. The third kappa shape index (κ3) is 3.22. The molecule has 0 radical (unpaired) electrons. The molecular weight excluding hydrogens is 309 g/mol. The third-order valence-corrected chi connectivity index (χ3v) is 4.22. The summed E-state index contributed by atoms with van der Waals surface area (Å²) in [5, 5.41) is 7.73. The Labute approximate surface area is 121 Å². The van der Waals surface area contributed by atoms with E-state index in [9.17, 15) is 4.39 Å². The van der Waals surface area contributed by atoms with E-state index < -0.39 is 0 Å². The summed E-state index contributed by atoms with van der Waals surface area (Å²) >= 11 is 3.54. The van der Waals surface area contributed by atoms with Gasteiger partial charge in [0.05, 0.1) is 15.9 Å². The zero-order valence-electron chi connectivity index (χ0n) is 11.2. The number of benzene rings is 1. The fourth-order valence-corrected chi connectivity index (χ4v) is 2.49. The molecule has 1 aromatic heterocycles. The molecule has 1 heterocycles. The highest BCUT2D eigenvalue weighted by Gasteiger charge is 2.12. The minimum Gasteiger partial charge on any atom is -0.305 e. The maximum absolute atomic E-state index is 13.2. The molecule has 0 aliphatic carbocycles. The van der Waals surface area contributed by atoms with Gasteiger partial charge >= 0.3 is 0 Å². The second-order valence-corrected chi connectivity index (χ2v) is 5.42. The zero-order chi connectivity index (χ0) is 14.0. The number of hydrogen-bond donors (Lipinski definition) is 1. The van der Waals surface area contributed by atoms with Crippen molar-refractivity contribution in [3.63, 3.8) is 0 Å².